The molecule has 1 aliphatic heterocycles. The molecule has 0 spiro atoms. The molecule has 2 N–H and O–H groups in total. The van der Waals surface area contributed by atoms with Crippen molar-refractivity contribution in [3.05, 3.63) is 78.1 Å². The van der Waals surface area contributed by atoms with Gasteiger partial charge in [-0.05, 0) is 40.1 Å². The topological polar surface area (TPSA) is 75.3 Å². The van der Waals surface area contributed by atoms with Crippen LogP contribution in [-0.4, -0.2) is 51.7 Å². The summed E-state index contributed by atoms with van der Waals surface area (Å²) in [5.41, 5.74) is 9.17. The van der Waals surface area contributed by atoms with Crippen molar-refractivity contribution in [1.29, 1.82) is 0 Å². The smallest absolute Gasteiger partial charge is 0.138 e. The fourth-order valence-corrected chi connectivity index (χ4v) is 4.43. The number of hydrogen-bond donors (Lipinski definition) is 1. The Morgan fingerprint density at radius 1 is 0.935 bits per heavy atom. The molecule has 31 heavy (non-hydrogen) atoms. The number of carbonyl (C=O) groups excluding carboxylic acids is 1. The van der Waals surface area contributed by atoms with E-state index < -0.39 is 0 Å². The Labute approximate surface area is 181 Å². The third-order valence-corrected chi connectivity index (χ3v) is 6.11. The highest BCUT2D eigenvalue weighted by Gasteiger charge is 2.26. The standard InChI is InChI=1S/C25H25N5O/c26-25-23-8-6-19(12-24(23)27-17-28-25)14-30-10-9-29(15-22(30)16-31)13-18-5-7-20-3-1-2-4-21(20)11-18/h1-8,11-12,16-17,22H,9-10,13-15H2,(H2,26,27,28). The minimum atomic E-state index is -0.125. The van der Waals surface area contributed by atoms with Crippen LogP contribution in [0.5, 0.6) is 0 Å². The molecule has 5 rings (SSSR count). The molecule has 6 heteroatoms. The molecule has 0 radical (unpaired) electrons. The molecular weight excluding hydrogens is 386 g/mol. The van der Waals surface area contributed by atoms with E-state index in [0.717, 1.165) is 48.9 Å². The van der Waals surface area contributed by atoms with Crippen molar-refractivity contribution in [3.63, 3.8) is 0 Å². The summed E-state index contributed by atoms with van der Waals surface area (Å²) < 4.78 is 0. The van der Waals surface area contributed by atoms with Gasteiger partial charge in [0.2, 0.25) is 0 Å². The lowest BCUT2D eigenvalue weighted by Gasteiger charge is -2.39. The number of fused-ring (bicyclic) bond motifs is 2. The highest BCUT2D eigenvalue weighted by Crippen LogP contribution is 2.22. The van der Waals surface area contributed by atoms with Gasteiger partial charge in [-0.2, -0.15) is 0 Å². The molecule has 6 nitrogen and oxygen atoms in total. The van der Waals surface area contributed by atoms with Crippen molar-refractivity contribution < 1.29 is 4.79 Å². The number of nitrogens with two attached hydrogens (primary N) is 1. The van der Waals surface area contributed by atoms with Crippen LogP contribution in [0.3, 0.4) is 0 Å². The summed E-state index contributed by atoms with van der Waals surface area (Å²) in [5.74, 6) is 0.490. The summed E-state index contributed by atoms with van der Waals surface area (Å²) >= 11 is 0. The van der Waals surface area contributed by atoms with Gasteiger partial charge in [-0.3, -0.25) is 9.80 Å². The Hall–Kier alpha value is -3.35. The van der Waals surface area contributed by atoms with Crippen molar-refractivity contribution in [2.24, 2.45) is 0 Å². The van der Waals surface area contributed by atoms with Crippen LogP contribution < -0.4 is 5.73 Å². The zero-order chi connectivity index (χ0) is 21.2. The molecule has 4 aromatic rings. The average Bonchev–Trinajstić information content (AvgIpc) is 2.80. The number of nitrogen functional groups attached to an aromatic ring is 1. The van der Waals surface area contributed by atoms with Gasteiger partial charge in [0.05, 0.1) is 11.6 Å². The van der Waals surface area contributed by atoms with E-state index in [0.29, 0.717) is 12.4 Å². The first-order chi connectivity index (χ1) is 15.2. The van der Waals surface area contributed by atoms with Crippen LogP contribution >= 0.6 is 0 Å². The summed E-state index contributed by atoms with van der Waals surface area (Å²) in [6, 6.07) is 20.9. The van der Waals surface area contributed by atoms with E-state index in [4.69, 9.17) is 5.73 Å². The third-order valence-electron chi connectivity index (χ3n) is 6.11. The largest absolute Gasteiger partial charge is 0.383 e. The number of hydrogen-bond acceptors (Lipinski definition) is 6. The SMILES string of the molecule is Nc1ncnc2cc(CN3CCN(Cc4ccc5ccccc5c4)CC3C=O)ccc12. The first-order valence-corrected chi connectivity index (χ1v) is 10.6. The number of aldehydes is 1. The van der Waals surface area contributed by atoms with E-state index >= 15 is 0 Å². The molecule has 3 aromatic carbocycles. The van der Waals surface area contributed by atoms with Gasteiger partial charge in [-0.15, -0.1) is 0 Å². The van der Waals surface area contributed by atoms with Gasteiger partial charge in [-0.1, -0.05) is 42.5 Å². The van der Waals surface area contributed by atoms with Crippen molar-refractivity contribution in [3.8, 4) is 0 Å². The van der Waals surface area contributed by atoms with E-state index in [2.05, 4.69) is 62.2 Å². The average molecular weight is 412 g/mol. The summed E-state index contributed by atoms with van der Waals surface area (Å²) in [6.07, 6.45) is 2.56. The summed E-state index contributed by atoms with van der Waals surface area (Å²) in [4.78, 5) is 24.9. The number of rotatable bonds is 5. The second-order valence-electron chi connectivity index (χ2n) is 8.20. The van der Waals surface area contributed by atoms with Crippen LogP contribution in [0.2, 0.25) is 0 Å². The summed E-state index contributed by atoms with van der Waals surface area (Å²) in [5, 5.41) is 3.37. The third kappa shape index (κ3) is 4.13. The van der Waals surface area contributed by atoms with Gasteiger partial charge in [-0.25, -0.2) is 9.97 Å². The van der Waals surface area contributed by atoms with Gasteiger partial charge < -0.3 is 10.5 Å². The molecule has 1 saturated heterocycles. The maximum Gasteiger partial charge on any atom is 0.138 e. The number of carbonyl (C=O) groups is 1. The van der Waals surface area contributed by atoms with E-state index in [1.54, 1.807) is 0 Å². The number of piperazine rings is 1. The van der Waals surface area contributed by atoms with E-state index in [9.17, 15) is 4.79 Å². The van der Waals surface area contributed by atoms with Crippen molar-refractivity contribution in [2.45, 2.75) is 19.1 Å². The number of nitrogens with zero attached hydrogens (tertiary/aromatic N) is 4. The number of benzene rings is 3. The van der Waals surface area contributed by atoms with Crippen LogP contribution in [-0.2, 0) is 17.9 Å². The molecule has 1 unspecified atom stereocenters. The molecule has 2 heterocycles. The highest BCUT2D eigenvalue weighted by atomic mass is 16.1. The molecule has 1 aliphatic rings. The normalized spacial score (nSPS) is 17.9. The lowest BCUT2D eigenvalue weighted by atomic mass is 10.1. The van der Waals surface area contributed by atoms with E-state index in [1.165, 1.54) is 22.7 Å². The highest BCUT2D eigenvalue weighted by molar-refractivity contribution is 5.88. The fraction of sp³-hybridized carbons (Fsp3) is 0.240. The Kier molecular flexibility index (Phi) is 5.32. The van der Waals surface area contributed by atoms with E-state index in [-0.39, 0.29) is 6.04 Å². The maximum atomic E-state index is 11.9. The van der Waals surface area contributed by atoms with Crippen molar-refractivity contribution >= 4 is 33.8 Å². The minimum absolute atomic E-state index is 0.125. The monoisotopic (exact) mass is 411 g/mol. The fourth-order valence-electron chi connectivity index (χ4n) is 4.43. The van der Waals surface area contributed by atoms with Crippen LogP contribution in [0.15, 0.2) is 67.0 Å². The van der Waals surface area contributed by atoms with Crippen LogP contribution in [0.25, 0.3) is 21.7 Å². The minimum Gasteiger partial charge on any atom is -0.383 e. The van der Waals surface area contributed by atoms with Crippen molar-refractivity contribution in [2.75, 3.05) is 25.4 Å². The lowest BCUT2D eigenvalue weighted by Crippen LogP contribution is -2.53. The maximum absolute atomic E-state index is 11.9. The number of aromatic nitrogens is 2. The first-order valence-electron chi connectivity index (χ1n) is 10.6. The predicted molar refractivity (Wildman–Crippen MR) is 123 cm³/mol. The van der Waals surface area contributed by atoms with Crippen molar-refractivity contribution in [1.82, 2.24) is 19.8 Å². The zero-order valence-corrected chi connectivity index (χ0v) is 17.3. The van der Waals surface area contributed by atoms with Gasteiger partial charge >= 0.3 is 0 Å². The molecule has 0 bridgehead atoms. The molecule has 1 atom stereocenters. The zero-order valence-electron chi connectivity index (χ0n) is 17.3. The Morgan fingerprint density at radius 3 is 2.61 bits per heavy atom. The Morgan fingerprint density at radius 2 is 1.74 bits per heavy atom. The van der Waals surface area contributed by atoms with E-state index in [1.807, 2.05) is 18.2 Å². The Balaban J connectivity index is 1.27. The molecule has 0 saturated carbocycles. The van der Waals surface area contributed by atoms with Crippen LogP contribution in [0, 0.1) is 0 Å². The Bertz CT molecular complexity index is 1240. The second kappa shape index (κ2) is 8.41. The second-order valence-corrected chi connectivity index (χ2v) is 8.20. The first kappa shape index (κ1) is 19.6. The van der Waals surface area contributed by atoms with Crippen LogP contribution in [0.4, 0.5) is 5.82 Å². The van der Waals surface area contributed by atoms with Gasteiger partial charge in [0.15, 0.2) is 0 Å². The van der Waals surface area contributed by atoms with Gasteiger partial charge in [0.1, 0.15) is 18.4 Å². The number of anilines is 1. The molecular formula is C25H25N5O. The molecule has 1 fully saturated rings. The quantitative estimate of drug-likeness (QED) is 0.508. The lowest BCUT2D eigenvalue weighted by molar-refractivity contribution is -0.115. The molecule has 1 aromatic heterocycles. The van der Waals surface area contributed by atoms with Gasteiger partial charge in [0.25, 0.3) is 0 Å². The predicted octanol–water partition coefficient (Wildman–Crippen LogP) is 3.25. The van der Waals surface area contributed by atoms with Crippen LogP contribution in [0.1, 0.15) is 11.1 Å². The molecule has 0 aliphatic carbocycles. The summed E-state index contributed by atoms with van der Waals surface area (Å²) in [7, 11) is 0. The summed E-state index contributed by atoms with van der Waals surface area (Å²) in [6.45, 7) is 4.09. The molecule has 0 amide bonds. The molecule has 156 valence electrons. The van der Waals surface area contributed by atoms with Gasteiger partial charge in [0, 0.05) is 38.1 Å².